The van der Waals surface area contributed by atoms with E-state index in [1.807, 2.05) is 30.3 Å². The first kappa shape index (κ1) is 18.4. The molecule has 1 saturated heterocycles. The summed E-state index contributed by atoms with van der Waals surface area (Å²) in [5.74, 6) is -3.67. The van der Waals surface area contributed by atoms with E-state index in [0.717, 1.165) is 5.56 Å². The highest BCUT2D eigenvalue weighted by atomic mass is 19.3. The molecule has 0 radical (unpaired) electrons. The zero-order chi connectivity index (χ0) is 19.7. The molecule has 0 spiro atoms. The number of benzene rings is 1. The third kappa shape index (κ3) is 3.55. The van der Waals surface area contributed by atoms with Crippen LogP contribution in [0.15, 0.2) is 48.8 Å². The van der Waals surface area contributed by atoms with Gasteiger partial charge >= 0.3 is 0 Å². The fraction of sp³-hybridized carbons (Fsp3) is 0.300. The fourth-order valence-corrected chi connectivity index (χ4v) is 3.69. The number of alkyl halides is 2. The zero-order valence-electron chi connectivity index (χ0n) is 15.2. The van der Waals surface area contributed by atoms with Crippen LogP contribution in [0.1, 0.15) is 22.3 Å². The molecule has 1 aromatic carbocycles. The van der Waals surface area contributed by atoms with Crippen LogP contribution in [-0.4, -0.2) is 45.8 Å². The molecule has 28 heavy (non-hydrogen) atoms. The maximum atomic E-state index is 14.9. The Kier molecular flexibility index (Phi) is 4.72. The highest BCUT2D eigenvalue weighted by Gasteiger charge is 2.45. The molecule has 1 fully saturated rings. The zero-order valence-corrected chi connectivity index (χ0v) is 15.2. The van der Waals surface area contributed by atoms with Crippen LogP contribution in [-0.2, 0) is 6.54 Å². The van der Waals surface area contributed by atoms with Crippen molar-refractivity contribution in [2.24, 2.45) is 5.73 Å². The molecule has 1 atom stereocenters. The minimum absolute atomic E-state index is 0.106. The van der Waals surface area contributed by atoms with Gasteiger partial charge in [-0.05, 0) is 18.1 Å². The summed E-state index contributed by atoms with van der Waals surface area (Å²) in [6, 6.07) is 10.2. The van der Waals surface area contributed by atoms with Crippen LogP contribution in [0.4, 0.5) is 14.5 Å². The molecule has 0 bridgehead atoms. The van der Waals surface area contributed by atoms with Crippen molar-refractivity contribution >= 4 is 22.6 Å². The van der Waals surface area contributed by atoms with E-state index < -0.39 is 17.9 Å². The van der Waals surface area contributed by atoms with E-state index in [2.05, 4.69) is 15.3 Å². The van der Waals surface area contributed by atoms with Gasteiger partial charge in [-0.25, -0.2) is 13.8 Å². The number of nitrogens with one attached hydrogen (secondary N) is 2. The van der Waals surface area contributed by atoms with Gasteiger partial charge < -0.3 is 16.0 Å². The molecule has 0 saturated carbocycles. The lowest BCUT2D eigenvalue weighted by molar-refractivity contribution is -0.0758. The molecule has 8 heteroatoms. The summed E-state index contributed by atoms with van der Waals surface area (Å²) in [5.41, 5.74) is 7.36. The maximum absolute atomic E-state index is 14.9. The summed E-state index contributed by atoms with van der Waals surface area (Å²) < 4.78 is 29.8. The number of rotatable bonds is 5. The molecule has 0 aliphatic carbocycles. The number of fused-ring (bicyclic) bond motifs is 1. The molecule has 146 valence electrons. The van der Waals surface area contributed by atoms with Crippen molar-refractivity contribution in [3.63, 3.8) is 0 Å². The lowest BCUT2D eigenvalue weighted by Crippen LogP contribution is -2.54. The number of aromatic amines is 1. The number of carbonyl (C=O) groups is 1. The normalized spacial score (nSPS) is 19.6. The van der Waals surface area contributed by atoms with Gasteiger partial charge in [-0.2, -0.15) is 0 Å². The summed E-state index contributed by atoms with van der Waals surface area (Å²) in [5, 5.41) is 3.47. The van der Waals surface area contributed by atoms with Gasteiger partial charge in [-0.15, -0.1) is 0 Å². The number of primary amides is 1. The SMILES string of the molecule is NC(=O)c1cnc2[nH]ccc2c1NC1CCN(Cc2ccccc2)CC1(F)F. The molecule has 6 nitrogen and oxygen atoms in total. The number of halogens is 2. The summed E-state index contributed by atoms with van der Waals surface area (Å²) >= 11 is 0. The van der Waals surface area contributed by atoms with E-state index in [-0.39, 0.29) is 18.5 Å². The predicted octanol–water partition coefficient (Wildman–Crippen LogP) is 2.98. The molecular weight excluding hydrogens is 364 g/mol. The topological polar surface area (TPSA) is 87.0 Å². The van der Waals surface area contributed by atoms with E-state index in [4.69, 9.17) is 5.73 Å². The van der Waals surface area contributed by atoms with Gasteiger partial charge in [0.2, 0.25) is 0 Å². The number of H-pyrrole nitrogens is 1. The Labute approximate surface area is 160 Å². The van der Waals surface area contributed by atoms with Crippen LogP contribution in [0.25, 0.3) is 11.0 Å². The predicted molar refractivity (Wildman–Crippen MR) is 103 cm³/mol. The number of amides is 1. The Morgan fingerprint density at radius 3 is 2.82 bits per heavy atom. The van der Waals surface area contributed by atoms with Crippen molar-refractivity contribution in [2.45, 2.75) is 24.9 Å². The van der Waals surface area contributed by atoms with Crippen molar-refractivity contribution in [3.05, 3.63) is 59.9 Å². The van der Waals surface area contributed by atoms with Gasteiger partial charge in [-0.3, -0.25) is 9.69 Å². The molecule has 4 N–H and O–H groups in total. The monoisotopic (exact) mass is 385 g/mol. The second-order valence-electron chi connectivity index (χ2n) is 7.09. The molecular formula is C20H21F2N5O. The molecule has 1 aliphatic rings. The van der Waals surface area contributed by atoms with E-state index in [9.17, 15) is 13.6 Å². The van der Waals surface area contributed by atoms with Crippen molar-refractivity contribution < 1.29 is 13.6 Å². The number of piperidine rings is 1. The Morgan fingerprint density at radius 2 is 2.11 bits per heavy atom. The first-order chi connectivity index (χ1) is 13.4. The molecule has 3 heterocycles. The number of carbonyl (C=O) groups excluding carboxylic acids is 1. The van der Waals surface area contributed by atoms with Crippen LogP contribution in [0.2, 0.25) is 0 Å². The quantitative estimate of drug-likeness (QED) is 0.630. The number of nitrogens with zero attached hydrogens (tertiary/aromatic N) is 2. The van der Waals surface area contributed by atoms with Crippen molar-refractivity contribution in [1.82, 2.24) is 14.9 Å². The highest BCUT2D eigenvalue weighted by molar-refractivity contribution is 6.06. The second kappa shape index (κ2) is 7.20. The van der Waals surface area contributed by atoms with Gasteiger partial charge in [-0.1, -0.05) is 30.3 Å². The minimum Gasteiger partial charge on any atom is -0.375 e. The summed E-state index contributed by atoms with van der Waals surface area (Å²) in [6.07, 6.45) is 3.20. The number of hydrogen-bond donors (Lipinski definition) is 3. The van der Waals surface area contributed by atoms with Crippen LogP contribution < -0.4 is 11.1 Å². The number of nitrogens with two attached hydrogens (primary N) is 1. The summed E-state index contributed by atoms with van der Waals surface area (Å²) in [6.45, 7) is 0.648. The standard InChI is InChI=1S/C20H21F2N5O/c21-20(22)12-27(11-13-4-2-1-3-5-13)9-7-16(20)26-17-14-6-8-24-19(14)25-10-15(17)18(23)28/h1-6,8,10,16H,7,9,11-12H2,(H2,23,28)(H2,24,25,26). The van der Waals surface area contributed by atoms with Gasteiger partial charge in [0.15, 0.2) is 0 Å². The third-order valence-electron chi connectivity index (χ3n) is 5.10. The average Bonchev–Trinajstić information content (AvgIpc) is 3.13. The van der Waals surface area contributed by atoms with Gasteiger partial charge in [0.1, 0.15) is 5.65 Å². The van der Waals surface area contributed by atoms with Crippen LogP contribution in [0, 0.1) is 0 Å². The molecule has 3 aromatic rings. The van der Waals surface area contributed by atoms with E-state index in [1.54, 1.807) is 17.2 Å². The molecule has 2 aromatic heterocycles. The van der Waals surface area contributed by atoms with E-state index in [0.29, 0.717) is 29.8 Å². The Balaban J connectivity index is 1.55. The number of hydrogen-bond acceptors (Lipinski definition) is 4. The average molecular weight is 385 g/mol. The Bertz CT molecular complexity index is 989. The van der Waals surface area contributed by atoms with Crippen LogP contribution in [0.3, 0.4) is 0 Å². The number of anilines is 1. The van der Waals surface area contributed by atoms with Gasteiger partial charge in [0.05, 0.1) is 23.8 Å². The molecule has 4 rings (SSSR count). The third-order valence-corrected chi connectivity index (χ3v) is 5.10. The number of aromatic nitrogens is 2. The first-order valence-corrected chi connectivity index (χ1v) is 9.10. The van der Waals surface area contributed by atoms with Crippen molar-refractivity contribution in [1.29, 1.82) is 0 Å². The summed E-state index contributed by atoms with van der Waals surface area (Å²) in [7, 11) is 0. The smallest absolute Gasteiger partial charge is 0.280 e. The second-order valence-corrected chi connectivity index (χ2v) is 7.09. The lowest BCUT2D eigenvalue weighted by Gasteiger charge is -2.39. The summed E-state index contributed by atoms with van der Waals surface area (Å²) in [4.78, 5) is 20.6. The minimum atomic E-state index is -2.96. The lowest BCUT2D eigenvalue weighted by atomic mass is 9.98. The van der Waals surface area contributed by atoms with Crippen molar-refractivity contribution in [2.75, 3.05) is 18.4 Å². The van der Waals surface area contributed by atoms with Crippen LogP contribution in [0.5, 0.6) is 0 Å². The van der Waals surface area contributed by atoms with E-state index in [1.165, 1.54) is 6.20 Å². The number of likely N-dealkylation sites (tertiary alicyclic amines) is 1. The number of pyridine rings is 1. The molecule has 1 unspecified atom stereocenters. The van der Waals surface area contributed by atoms with Crippen LogP contribution >= 0.6 is 0 Å². The Morgan fingerprint density at radius 1 is 1.32 bits per heavy atom. The Hall–Kier alpha value is -3.00. The molecule has 1 aliphatic heterocycles. The van der Waals surface area contributed by atoms with E-state index >= 15 is 0 Å². The largest absolute Gasteiger partial charge is 0.375 e. The van der Waals surface area contributed by atoms with Crippen molar-refractivity contribution in [3.8, 4) is 0 Å². The maximum Gasteiger partial charge on any atom is 0.280 e. The highest BCUT2D eigenvalue weighted by Crippen LogP contribution is 2.34. The van der Waals surface area contributed by atoms with Gasteiger partial charge in [0, 0.05) is 30.9 Å². The fourth-order valence-electron chi connectivity index (χ4n) is 3.69. The first-order valence-electron chi connectivity index (χ1n) is 9.10. The van der Waals surface area contributed by atoms with Gasteiger partial charge in [0.25, 0.3) is 11.8 Å². The molecule has 1 amide bonds.